The first kappa shape index (κ1) is 7.09. The summed E-state index contributed by atoms with van der Waals surface area (Å²) in [7, 11) is 1.95. The van der Waals surface area contributed by atoms with Crippen LogP contribution in [-0.2, 0) is 0 Å². The molecule has 0 radical (unpaired) electrons. The first-order valence-electron chi connectivity index (χ1n) is 3.70. The maximum absolute atomic E-state index is 10.5. The molecule has 0 aliphatic heterocycles. The molecule has 0 aromatic carbocycles. The minimum Gasteiger partial charge on any atom is -0.345 e. The van der Waals surface area contributed by atoms with Crippen molar-refractivity contribution in [3.05, 3.63) is 24.0 Å². The second kappa shape index (κ2) is 2.48. The highest BCUT2D eigenvalue weighted by atomic mass is 16.1. The molecule has 0 bridgehead atoms. The number of aromatic nitrogens is 2. The standard InChI is InChI=1S/C8H7BN2O/c9-6-1-7-5(4-12)2-10-8(7)11-3-6/h1-4H,9H2,(H,10,11). The fourth-order valence-corrected chi connectivity index (χ4v) is 1.23. The first-order valence-corrected chi connectivity index (χ1v) is 3.70. The third kappa shape index (κ3) is 0.924. The molecule has 3 nitrogen and oxygen atoms in total. The molecular weight excluding hydrogens is 151 g/mol. The van der Waals surface area contributed by atoms with Crippen molar-refractivity contribution >= 4 is 30.6 Å². The van der Waals surface area contributed by atoms with E-state index in [2.05, 4.69) is 9.97 Å². The number of fused-ring (bicyclic) bond motifs is 1. The highest BCUT2D eigenvalue weighted by Gasteiger charge is 2.02. The predicted molar refractivity (Wildman–Crippen MR) is 49.7 cm³/mol. The molecule has 0 spiro atoms. The molecule has 0 aliphatic carbocycles. The Morgan fingerprint density at radius 2 is 2.42 bits per heavy atom. The van der Waals surface area contributed by atoms with E-state index in [1.165, 1.54) is 0 Å². The van der Waals surface area contributed by atoms with Gasteiger partial charge in [-0.3, -0.25) is 4.79 Å². The van der Waals surface area contributed by atoms with Gasteiger partial charge in [0.1, 0.15) is 13.5 Å². The van der Waals surface area contributed by atoms with E-state index in [1.54, 1.807) is 12.4 Å². The fourth-order valence-electron chi connectivity index (χ4n) is 1.23. The third-order valence-electron chi connectivity index (χ3n) is 1.83. The number of aromatic amines is 1. The van der Waals surface area contributed by atoms with Crippen LogP contribution in [-0.4, -0.2) is 24.1 Å². The Balaban J connectivity index is 2.83. The lowest BCUT2D eigenvalue weighted by molar-refractivity contribution is 0.112. The zero-order chi connectivity index (χ0) is 8.55. The molecular formula is C8H7BN2O. The van der Waals surface area contributed by atoms with Gasteiger partial charge in [0.15, 0.2) is 6.29 Å². The van der Waals surface area contributed by atoms with Crippen LogP contribution in [0.1, 0.15) is 10.4 Å². The van der Waals surface area contributed by atoms with Crippen molar-refractivity contribution in [1.82, 2.24) is 9.97 Å². The maximum Gasteiger partial charge on any atom is 0.152 e. The van der Waals surface area contributed by atoms with E-state index in [9.17, 15) is 4.79 Å². The van der Waals surface area contributed by atoms with Crippen LogP contribution in [0.3, 0.4) is 0 Å². The highest BCUT2D eigenvalue weighted by Crippen LogP contribution is 2.11. The van der Waals surface area contributed by atoms with E-state index in [0.717, 1.165) is 22.8 Å². The number of aldehydes is 1. The number of H-pyrrole nitrogens is 1. The van der Waals surface area contributed by atoms with Crippen molar-refractivity contribution in [2.45, 2.75) is 0 Å². The van der Waals surface area contributed by atoms with Gasteiger partial charge in [-0.25, -0.2) is 4.98 Å². The number of carbonyl (C=O) groups is 1. The summed E-state index contributed by atoms with van der Waals surface area (Å²) >= 11 is 0. The second-order valence-corrected chi connectivity index (χ2v) is 2.77. The highest BCUT2D eigenvalue weighted by molar-refractivity contribution is 6.33. The van der Waals surface area contributed by atoms with E-state index in [0.29, 0.717) is 5.56 Å². The van der Waals surface area contributed by atoms with Crippen molar-refractivity contribution < 1.29 is 4.79 Å². The number of nitrogens with one attached hydrogen (secondary N) is 1. The predicted octanol–water partition coefficient (Wildman–Crippen LogP) is -0.366. The topological polar surface area (TPSA) is 45.8 Å². The molecule has 2 aromatic heterocycles. The zero-order valence-corrected chi connectivity index (χ0v) is 6.66. The van der Waals surface area contributed by atoms with Crippen molar-refractivity contribution in [3.8, 4) is 0 Å². The SMILES string of the molecule is Bc1cnc2[nH]cc(C=O)c2c1. The Labute approximate surface area is 70.2 Å². The summed E-state index contributed by atoms with van der Waals surface area (Å²) in [6, 6.07) is 1.95. The van der Waals surface area contributed by atoms with Crippen molar-refractivity contribution in [2.75, 3.05) is 0 Å². The molecule has 1 N–H and O–H groups in total. The van der Waals surface area contributed by atoms with Gasteiger partial charge in [-0.1, -0.05) is 11.5 Å². The molecule has 0 amide bonds. The molecule has 2 heterocycles. The van der Waals surface area contributed by atoms with E-state index in [1.807, 2.05) is 13.9 Å². The fraction of sp³-hybridized carbons (Fsp3) is 0. The molecule has 0 unspecified atom stereocenters. The van der Waals surface area contributed by atoms with Crippen LogP contribution in [0, 0.1) is 0 Å². The molecule has 0 atom stereocenters. The summed E-state index contributed by atoms with van der Waals surface area (Å²) in [6.07, 6.45) is 4.28. The van der Waals surface area contributed by atoms with Crippen LogP contribution in [0.4, 0.5) is 0 Å². The van der Waals surface area contributed by atoms with Gasteiger partial charge < -0.3 is 4.98 Å². The van der Waals surface area contributed by atoms with E-state index in [-0.39, 0.29) is 0 Å². The molecule has 0 fully saturated rings. The molecule has 0 aliphatic rings. The summed E-state index contributed by atoms with van der Waals surface area (Å²) in [5.74, 6) is 0. The molecule has 2 rings (SSSR count). The lowest BCUT2D eigenvalue weighted by Gasteiger charge is -1.91. The van der Waals surface area contributed by atoms with E-state index in [4.69, 9.17) is 0 Å². The monoisotopic (exact) mass is 158 g/mol. The summed E-state index contributed by atoms with van der Waals surface area (Å²) in [5, 5.41) is 0.894. The van der Waals surface area contributed by atoms with Gasteiger partial charge in [0.05, 0.1) is 0 Å². The van der Waals surface area contributed by atoms with E-state index >= 15 is 0 Å². The third-order valence-corrected chi connectivity index (χ3v) is 1.83. The molecule has 4 heteroatoms. The Kier molecular flexibility index (Phi) is 1.47. The number of hydrogen-bond donors (Lipinski definition) is 1. The van der Waals surface area contributed by atoms with Crippen LogP contribution in [0.2, 0.25) is 0 Å². The van der Waals surface area contributed by atoms with Gasteiger partial charge in [-0.05, 0) is 0 Å². The first-order chi connectivity index (χ1) is 5.81. The van der Waals surface area contributed by atoms with Gasteiger partial charge in [0, 0.05) is 23.3 Å². The zero-order valence-electron chi connectivity index (χ0n) is 6.66. The number of pyridine rings is 1. The quantitative estimate of drug-likeness (QED) is 0.454. The van der Waals surface area contributed by atoms with Crippen molar-refractivity contribution in [1.29, 1.82) is 0 Å². The van der Waals surface area contributed by atoms with Crippen molar-refractivity contribution in [3.63, 3.8) is 0 Å². The largest absolute Gasteiger partial charge is 0.345 e. The summed E-state index contributed by atoms with van der Waals surface area (Å²) < 4.78 is 0. The Bertz CT molecular complexity index is 436. The maximum atomic E-state index is 10.5. The van der Waals surface area contributed by atoms with Crippen LogP contribution in [0.25, 0.3) is 11.0 Å². The summed E-state index contributed by atoms with van der Waals surface area (Å²) in [4.78, 5) is 17.6. The molecule has 58 valence electrons. The van der Waals surface area contributed by atoms with Crippen LogP contribution >= 0.6 is 0 Å². The molecule has 0 saturated heterocycles. The summed E-state index contributed by atoms with van der Waals surface area (Å²) in [6.45, 7) is 0. The van der Waals surface area contributed by atoms with Gasteiger partial charge >= 0.3 is 0 Å². The normalized spacial score (nSPS) is 10.3. The lowest BCUT2D eigenvalue weighted by Crippen LogP contribution is -2.01. The van der Waals surface area contributed by atoms with Gasteiger partial charge in [-0.15, -0.1) is 0 Å². The molecule has 12 heavy (non-hydrogen) atoms. The number of nitrogens with zero attached hydrogens (tertiary/aromatic N) is 1. The Hall–Kier alpha value is -1.58. The molecule has 2 aromatic rings. The molecule has 0 saturated carbocycles. The van der Waals surface area contributed by atoms with Gasteiger partial charge in [-0.2, -0.15) is 0 Å². The van der Waals surface area contributed by atoms with Crippen molar-refractivity contribution in [2.24, 2.45) is 0 Å². The summed E-state index contributed by atoms with van der Waals surface area (Å²) in [5.41, 5.74) is 2.49. The number of carbonyl (C=O) groups excluding carboxylic acids is 1. The lowest BCUT2D eigenvalue weighted by atomic mass is 9.97. The van der Waals surface area contributed by atoms with Gasteiger partial charge in [0.25, 0.3) is 0 Å². The smallest absolute Gasteiger partial charge is 0.152 e. The average molecular weight is 158 g/mol. The minimum atomic E-state index is 0.668. The Morgan fingerprint density at radius 3 is 3.17 bits per heavy atom. The second-order valence-electron chi connectivity index (χ2n) is 2.77. The van der Waals surface area contributed by atoms with Crippen LogP contribution in [0.15, 0.2) is 18.5 Å². The minimum absolute atomic E-state index is 0.668. The number of hydrogen-bond acceptors (Lipinski definition) is 2. The van der Waals surface area contributed by atoms with E-state index < -0.39 is 0 Å². The van der Waals surface area contributed by atoms with Gasteiger partial charge in [0.2, 0.25) is 0 Å². The Morgan fingerprint density at radius 1 is 1.58 bits per heavy atom. The van der Waals surface area contributed by atoms with Crippen LogP contribution in [0.5, 0.6) is 0 Å². The number of rotatable bonds is 1. The van der Waals surface area contributed by atoms with Crippen LogP contribution < -0.4 is 5.46 Å². The average Bonchev–Trinajstić information content (AvgIpc) is 2.46.